The van der Waals surface area contributed by atoms with Crippen LogP contribution in [0.15, 0.2) is 24.3 Å². The number of esters is 1. The molecule has 0 N–H and O–H groups in total. The van der Waals surface area contributed by atoms with E-state index in [4.69, 9.17) is 16.3 Å². The highest BCUT2D eigenvalue weighted by atomic mass is 35.5. The number of carbonyl (C=O) groups is 1. The van der Waals surface area contributed by atoms with Crippen LogP contribution in [0.5, 0.6) is 5.75 Å². The average molecular weight is 225 g/mol. The van der Waals surface area contributed by atoms with Gasteiger partial charge in [-0.3, -0.25) is 0 Å². The molecule has 0 aliphatic heterocycles. The van der Waals surface area contributed by atoms with Gasteiger partial charge in [0.15, 0.2) is 0 Å². The van der Waals surface area contributed by atoms with Gasteiger partial charge < -0.3 is 9.47 Å². The normalized spacial score (nSPS) is 8.67. The number of benzene rings is 1. The van der Waals surface area contributed by atoms with E-state index in [1.165, 1.54) is 7.11 Å². The standard InChI is InChI=1S/C11H9ClO3/c1-14-11(13)9-3-5-10(6-4-9)15-8-2-7-12/h3-6H,8H2,1H3. The van der Waals surface area contributed by atoms with Gasteiger partial charge in [-0.25, -0.2) is 4.79 Å². The maximum absolute atomic E-state index is 11.1. The van der Waals surface area contributed by atoms with Gasteiger partial charge in [-0.15, -0.1) is 0 Å². The number of halogens is 1. The molecule has 4 heteroatoms. The van der Waals surface area contributed by atoms with Crippen molar-refractivity contribution < 1.29 is 14.3 Å². The van der Waals surface area contributed by atoms with Crippen molar-refractivity contribution in [3.05, 3.63) is 29.8 Å². The van der Waals surface area contributed by atoms with Gasteiger partial charge in [0.05, 0.1) is 12.7 Å². The number of ether oxygens (including phenoxy) is 2. The molecule has 1 aromatic rings. The van der Waals surface area contributed by atoms with E-state index in [-0.39, 0.29) is 12.6 Å². The van der Waals surface area contributed by atoms with Crippen LogP contribution in [0.3, 0.4) is 0 Å². The van der Waals surface area contributed by atoms with E-state index in [2.05, 4.69) is 16.0 Å². The van der Waals surface area contributed by atoms with Crippen molar-refractivity contribution in [2.75, 3.05) is 13.7 Å². The molecule has 0 fully saturated rings. The summed E-state index contributed by atoms with van der Waals surface area (Å²) in [7, 11) is 1.34. The summed E-state index contributed by atoms with van der Waals surface area (Å²) in [5, 5.41) is 2.20. The lowest BCUT2D eigenvalue weighted by molar-refractivity contribution is 0.0600. The fourth-order valence-corrected chi connectivity index (χ4v) is 1.01. The quantitative estimate of drug-likeness (QED) is 0.582. The molecule has 1 rings (SSSR count). The summed E-state index contributed by atoms with van der Waals surface area (Å²) in [5.74, 6) is 2.80. The molecular formula is C11H9ClO3. The Balaban J connectivity index is 2.62. The van der Waals surface area contributed by atoms with Crippen LogP contribution in [-0.2, 0) is 4.74 Å². The van der Waals surface area contributed by atoms with Crippen molar-refractivity contribution in [3.8, 4) is 17.0 Å². The third kappa shape index (κ3) is 3.53. The van der Waals surface area contributed by atoms with Crippen LogP contribution in [0.2, 0.25) is 0 Å². The highest BCUT2D eigenvalue weighted by molar-refractivity contribution is 6.30. The van der Waals surface area contributed by atoms with Gasteiger partial charge >= 0.3 is 5.97 Å². The van der Waals surface area contributed by atoms with E-state index in [0.29, 0.717) is 11.3 Å². The Morgan fingerprint density at radius 3 is 2.60 bits per heavy atom. The molecule has 0 radical (unpaired) electrons. The van der Waals surface area contributed by atoms with Crippen LogP contribution in [0.4, 0.5) is 0 Å². The second-order valence-electron chi connectivity index (χ2n) is 2.58. The summed E-state index contributed by atoms with van der Waals surface area (Å²) in [6.45, 7) is 0.223. The van der Waals surface area contributed by atoms with Crippen LogP contribution in [-0.4, -0.2) is 19.7 Å². The first-order chi connectivity index (χ1) is 7.27. The molecular weight excluding hydrogens is 216 g/mol. The smallest absolute Gasteiger partial charge is 0.337 e. The Kier molecular flexibility index (Phi) is 4.52. The highest BCUT2D eigenvalue weighted by Gasteiger charge is 2.03. The molecule has 0 unspecified atom stereocenters. The molecule has 0 aliphatic rings. The highest BCUT2D eigenvalue weighted by Crippen LogP contribution is 2.12. The van der Waals surface area contributed by atoms with Crippen molar-refractivity contribution in [2.45, 2.75) is 0 Å². The van der Waals surface area contributed by atoms with Crippen LogP contribution < -0.4 is 4.74 Å². The minimum absolute atomic E-state index is 0.223. The fourth-order valence-electron chi connectivity index (χ4n) is 0.952. The van der Waals surface area contributed by atoms with Gasteiger partial charge in [0.25, 0.3) is 0 Å². The first-order valence-corrected chi connectivity index (χ1v) is 4.55. The van der Waals surface area contributed by atoms with E-state index >= 15 is 0 Å². The van der Waals surface area contributed by atoms with Crippen molar-refractivity contribution in [3.63, 3.8) is 0 Å². The lowest BCUT2D eigenvalue weighted by Crippen LogP contribution is -2.01. The number of rotatable bonds is 3. The molecule has 0 atom stereocenters. The lowest BCUT2D eigenvalue weighted by atomic mass is 10.2. The minimum atomic E-state index is -0.373. The van der Waals surface area contributed by atoms with Gasteiger partial charge in [-0.2, -0.15) is 0 Å². The zero-order chi connectivity index (χ0) is 11.1. The fraction of sp³-hybridized carbons (Fsp3) is 0.182. The first-order valence-electron chi connectivity index (χ1n) is 4.17. The van der Waals surface area contributed by atoms with Gasteiger partial charge in [0, 0.05) is 5.38 Å². The first kappa shape index (κ1) is 11.4. The summed E-state index contributed by atoms with van der Waals surface area (Å²) in [6, 6.07) is 6.58. The lowest BCUT2D eigenvalue weighted by Gasteiger charge is -2.02. The second kappa shape index (κ2) is 5.94. The summed E-state index contributed by atoms with van der Waals surface area (Å²) in [4.78, 5) is 11.1. The number of hydrogen-bond acceptors (Lipinski definition) is 3. The third-order valence-corrected chi connectivity index (χ3v) is 1.79. The van der Waals surface area contributed by atoms with E-state index in [0.717, 1.165) is 0 Å². The number of methoxy groups -OCH3 is 1. The van der Waals surface area contributed by atoms with Crippen molar-refractivity contribution in [2.24, 2.45) is 0 Å². The molecule has 78 valence electrons. The van der Waals surface area contributed by atoms with Crippen LogP contribution in [0.25, 0.3) is 0 Å². The van der Waals surface area contributed by atoms with Crippen LogP contribution in [0.1, 0.15) is 10.4 Å². The Morgan fingerprint density at radius 2 is 2.07 bits per heavy atom. The molecule has 0 aromatic heterocycles. The van der Waals surface area contributed by atoms with Crippen LogP contribution in [0, 0.1) is 11.3 Å². The van der Waals surface area contributed by atoms with E-state index in [1.807, 2.05) is 0 Å². The SMILES string of the molecule is COC(=O)c1ccc(OCC#CCl)cc1. The predicted octanol–water partition coefficient (Wildman–Crippen LogP) is 2.05. The summed E-state index contributed by atoms with van der Waals surface area (Å²) < 4.78 is 9.76. The van der Waals surface area contributed by atoms with E-state index < -0.39 is 0 Å². The number of carbonyl (C=O) groups excluding carboxylic acids is 1. The minimum Gasteiger partial charge on any atom is -0.481 e. The van der Waals surface area contributed by atoms with Crippen molar-refractivity contribution in [1.29, 1.82) is 0 Å². The zero-order valence-electron chi connectivity index (χ0n) is 8.12. The molecule has 0 saturated carbocycles. The van der Waals surface area contributed by atoms with Gasteiger partial charge in [0.2, 0.25) is 0 Å². The summed E-state index contributed by atoms with van der Waals surface area (Å²) in [6.07, 6.45) is 0. The molecule has 1 aromatic carbocycles. The molecule has 3 nitrogen and oxygen atoms in total. The average Bonchev–Trinajstić information content (AvgIpc) is 2.29. The van der Waals surface area contributed by atoms with E-state index in [9.17, 15) is 4.79 Å². The molecule has 0 spiro atoms. The molecule has 0 amide bonds. The van der Waals surface area contributed by atoms with Gasteiger partial charge in [0.1, 0.15) is 12.4 Å². The monoisotopic (exact) mass is 224 g/mol. The Labute approximate surface area is 92.9 Å². The summed E-state index contributed by atoms with van der Waals surface area (Å²) >= 11 is 5.15. The Hall–Kier alpha value is -1.66. The zero-order valence-corrected chi connectivity index (χ0v) is 8.88. The van der Waals surface area contributed by atoms with Gasteiger partial charge in [-0.05, 0) is 41.8 Å². The number of hydrogen-bond donors (Lipinski definition) is 0. The topological polar surface area (TPSA) is 35.5 Å². The Bertz CT molecular complexity index is 387. The second-order valence-corrected chi connectivity index (χ2v) is 2.76. The van der Waals surface area contributed by atoms with Crippen molar-refractivity contribution >= 4 is 17.6 Å². The maximum atomic E-state index is 11.1. The molecule has 0 heterocycles. The Morgan fingerprint density at radius 1 is 1.40 bits per heavy atom. The largest absolute Gasteiger partial charge is 0.481 e. The van der Waals surface area contributed by atoms with Crippen LogP contribution >= 0.6 is 11.6 Å². The molecule has 0 saturated heterocycles. The molecule has 0 bridgehead atoms. The third-order valence-electron chi connectivity index (χ3n) is 1.65. The molecule has 0 aliphatic carbocycles. The maximum Gasteiger partial charge on any atom is 0.337 e. The molecule has 15 heavy (non-hydrogen) atoms. The van der Waals surface area contributed by atoms with Gasteiger partial charge in [-0.1, -0.05) is 0 Å². The predicted molar refractivity (Wildman–Crippen MR) is 56.9 cm³/mol. The van der Waals surface area contributed by atoms with Crippen molar-refractivity contribution in [1.82, 2.24) is 0 Å². The summed E-state index contributed by atoms with van der Waals surface area (Å²) in [5.41, 5.74) is 0.480. The van der Waals surface area contributed by atoms with E-state index in [1.54, 1.807) is 24.3 Å².